The SMILES string of the molecule is N#Cc1nccc(C2(NC(=O)NCc3ccccc3C(F)(F)F)CCCC2)n1. The fourth-order valence-electron chi connectivity index (χ4n) is 3.49. The molecule has 0 unspecified atom stereocenters. The van der Waals surface area contributed by atoms with E-state index in [9.17, 15) is 18.0 Å². The van der Waals surface area contributed by atoms with Gasteiger partial charge in [-0.05, 0) is 30.5 Å². The van der Waals surface area contributed by atoms with Gasteiger partial charge in [0, 0.05) is 12.7 Å². The van der Waals surface area contributed by atoms with E-state index >= 15 is 0 Å². The van der Waals surface area contributed by atoms with Gasteiger partial charge in [0.1, 0.15) is 6.07 Å². The number of nitrogens with one attached hydrogen (secondary N) is 2. The van der Waals surface area contributed by atoms with E-state index < -0.39 is 23.3 Å². The van der Waals surface area contributed by atoms with Crippen LogP contribution in [0.1, 0.15) is 48.3 Å². The average Bonchev–Trinajstić information content (AvgIpc) is 3.15. The van der Waals surface area contributed by atoms with Gasteiger partial charge in [-0.2, -0.15) is 18.4 Å². The summed E-state index contributed by atoms with van der Waals surface area (Å²) in [5.74, 6) is 0.00471. The van der Waals surface area contributed by atoms with Crippen LogP contribution in [0.2, 0.25) is 0 Å². The molecule has 1 aromatic carbocycles. The maximum atomic E-state index is 13.1. The van der Waals surface area contributed by atoms with Gasteiger partial charge in [-0.1, -0.05) is 31.0 Å². The Morgan fingerprint density at radius 1 is 1.21 bits per heavy atom. The maximum absolute atomic E-state index is 13.1. The largest absolute Gasteiger partial charge is 0.416 e. The van der Waals surface area contributed by atoms with Crippen molar-refractivity contribution in [3.05, 3.63) is 59.2 Å². The molecule has 0 radical (unpaired) electrons. The molecule has 3 rings (SSSR count). The number of hydrogen-bond acceptors (Lipinski definition) is 4. The molecule has 1 fully saturated rings. The zero-order valence-electron chi connectivity index (χ0n) is 14.9. The lowest BCUT2D eigenvalue weighted by Gasteiger charge is -2.30. The van der Waals surface area contributed by atoms with Gasteiger partial charge >= 0.3 is 12.2 Å². The topological polar surface area (TPSA) is 90.7 Å². The third-order valence-corrected chi connectivity index (χ3v) is 4.82. The zero-order valence-corrected chi connectivity index (χ0v) is 14.9. The summed E-state index contributed by atoms with van der Waals surface area (Å²) in [6.45, 7) is -0.259. The van der Waals surface area contributed by atoms with E-state index in [-0.39, 0.29) is 17.9 Å². The van der Waals surface area contributed by atoms with Crippen LogP contribution in [-0.4, -0.2) is 16.0 Å². The van der Waals surface area contributed by atoms with E-state index in [1.165, 1.54) is 24.4 Å². The van der Waals surface area contributed by atoms with E-state index in [0.29, 0.717) is 18.5 Å². The number of urea groups is 1. The third kappa shape index (κ3) is 4.22. The molecule has 28 heavy (non-hydrogen) atoms. The number of carbonyl (C=O) groups excluding carboxylic acids is 1. The van der Waals surface area contributed by atoms with Crippen molar-refractivity contribution in [3.63, 3.8) is 0 Å². The molecule has 0 spiro atoms. The van der Waals surface area contributed by atoms with Crippen LogP contribution >= 0.6 is 0 Å². The van der Waals surface area contributed by atoms with Crippen molar-refractivity contribution in [3.8, 4) is 6.07 Å². The molecule has 1 aromatic heterocycles. The molecule has 0 aliphatic heterocycles. The van der Waals surface area contributed by atoms with Crippen LogP contribution in [0.3, 0.4) is 0 Å². The number of nitrogens with zero attached hydrogens (tertiary/aromatic N) is 3. The molecular formula is C19H18F3N5O. The minimum Gasteiger partial charge on any atom is -0.334 e. The highest BCUT2D eigenvalue weighted by Gasteiger charge is 2.39. The van der Waals surface area contributed by atoms with Crippen molar-refractivity contribution in [2.75, 3.05) is 0 Å². The Kier molecular flexibility index (Phi) is 5.49. The highest BCUT2D eigenvalue weighted by Crippen LogP contribution is 2.37. The summed E-state index contributed by atoms with van der Waals surface area (Å²) in [7, 11) is 0. The lowest BCUT2D eigenvalue weighted by Crippen LogP contribution is -2.49. The molecule has 2 aromatic rings. The second-order valence-corrected chi connectivity index (χ2v) is 6.63. The van der Waals surface area contributed by atoms with Crippen LogP contribution in [-0.2, 0) is 18.3 Å². The predicted molar refractivity (Wildman–Crippen MR) is 93.7 cm³/mol. The fraction of sp³-hybridized carbons (Fsp3) is 0.368. The summed E-state index contributed by atoms with van der Waals surface area (Å²) >= 11 is 0. The number of halogens is 3. The highest BCUT2D eigenvalue weighted by atomic mass is 19.4. The molecule has 6 nitrogen and oxygen atoms in total. The molecular weight excluding hydrogens is 371 g/mol. The van der Waals surface area contributed by atoms with Gasteiger partial charge in [0.25, 0.3) is 0 Å². The standard InChI is InChI=1S/C19H18F3N5O/c20-19(21,22)14-6-2-1-5-13(14)12-25-17(28)27-18(8-3-4-9-18)15-7-10-24-16(11-23)26-15/h1-2,5-7,10H,3-4,8-9,12H2,(H2,25,27,28). The summed E-state index contributed by atoms with van der Waals surface area (Å²) in [5.41, 5.74) is -1.02. The Bertz CT molecular complexity index is 901. The summed E-state index contributed by atoms with van der Waals surface area (Å²) in [6.07, 6.45) is -0.0504. The van der Waals surface area contributed by atoms with Crippen LogP contribution in [0.25, 0.3) is 0 Å². The van der Waals surface area contributed by atoms with Crippen molar-refractivity contribution >= 4 is 6.03 Å². The first-order valence-electron chi connectivity index (χ1n) is 8.79. The van der Waals surface area contributed by atoms with Gasteiger partial charge < -0.3 is 10.6 Å². The number of benzene rings is 1. The Morgan fingerprint density at radius 3 is 2.61 bits per heavy atom. The molecule has 1 saturated carbocycles. The average molecular weight is 389 g/mol. The number of alkyl halides is 3. The quantitative estimate of drug-likeness (QED) is 0.835. The monoisotopic (exact) mass is 389 g/mol. The van der Waals surface area contributed by atoms with Gasteiger partial charge in [-0.3, -0.25) is 0 Å². The number of rotatable bonds is 4. The lowest BCUT2D eigenvalue weighted by molar-refractivity contribution is -0.138. The smallest absolute Gasteiger partial charge is 0.334 e. The van der Waals surface area contributed by atoms with Gasteiger partial charge in [0.05, 0.1) is 16.8 Å². The van der Waals surface area contributed by atoms with Gasteiger partial charge in [0.2, 0.25) is 5.82 Å². The van der Waals surface area contributed by atoms with Gasteiger partial charge in [0.15, 0.2) is 0 Å². The second kappa shape index (κ2) is 7.84. The van der Waals surface area contributed by atoms with Crippen molar-refractivity contribution in [1.82, 2.24) is 20.6 Å². The van der Waals surface area contributed by atoms with E-state index in [2.05, 4.69) is 20.6 Å². The van der Waals surface area contributed by atoms with E-state index in [4.69, 9.17) is 5.26 Å². The van der Waals surface area contributed by atoms with Crippen molar-refractivity contribution in [1.29, 1.82) is 5.26 Å². The number of amides is 2. The fourth-order valence-corrected chi connectivity index (χ4v) is 3.49. The van der Waals surface area contributed by atoms with E-state index in [1.54, 1.807) is 6.07 Å². The predicted octanol–water partition coefficient (Wildman–Crippen LogP) is 3.64. The number of carbonyl (C=O) groups is 1. The molecule has 1 aliphatic carbocycles. The molecule has 0 saturated heterocycles. The first-order valence-corrected chi connectivity index (χ1v) is 8.79. The Balaban J connectivity index is 1.74. The Labute approximate surface area is 159 Å². The minimum absolute atomic E-state index is 0.00471. The number of aromatic nitrogens is 2. The second-order valence-electron chi connectivity index (χ2n) is 6.63. The molecule has 1 aliphatic rings. The first-order chi connectivity index (χ1) is 13.3. The normalized spacial score (nSPS) is 15.6. The molecule has 146 valence electrons. The van der Waals surface area contributed by atoms with Crippen LogP contribution in [0, 0.1) is 11.3 Å². The molecule has 2 N–H and O–H groups in total. The highest BCUT2D eigenvalue weighted by molar-refractivity contribution is 5.75. The molecule has 1 heterocycles. The van der Waals surface area contributed by atoms with E-state index in [0.717, 1.165) is 18.9 Å². The summed E-state index contributed by atoms with van der Waals surface area (Å²) in [5, 5.41) is 14.4. The van der Waals surface area contributed by atoms with Crippen LogP contribution < -0.4 is 10.6 Å². The lowest BCUT2D eigenvalue weighted by atomic mass is 9.93. The summed E-state index contributed by atoms with van der Waals surface area (Å²) in [4.78, 5) is 20.5. The number of hydrogen-bond donors (Lipinski definition) is 2. The maximum Gasteiger partial charge on any atom is 0.416 e. The van der Waals surface area contributed by atoms with Crippen LogP contribution in [0.4, 0.5) is 18.0 Å². The molecule has 0 bridgehead atoms. The molecule has 2 amide bonds. The third-order valence-electron chi connectivity index (χ3n) is 4.82. The zero-order chi connectivity index (χ0) is 20.2. The first kappa shape index (κ1) is 19.6. The van der Waals surface area contributed by atoms with Gasteiger partial charge in [-0.15, -0.1) is 0 Å². The Hall–Kier alpha value is -3.15. The molecule has 9 heteroatoms. The minimum atomic E-state index is -4.49. The van der Waals surface area contributed by atoms with Crippen LogP contribution in [0.15, 0.2) is 36.5 Å². The summed E-state index contributed by atoms with van der Waals surface area (Å²) < 4.78 is 39.3. The van der Waals surface area contributed by atoms with Crippen LogP contribution in [0.5, 0.6) is 0 Å². The van der Waals surface area contributed by atoms with Gasteiger partial charge in [-0.25, -0.2) is 14.8 Å². The number of nitriles is 1. The molecule has 0 atom stereocenters. The summed E-state index contributed by atoms with van der Waals surface area (Å²) in [6, 6.07) is 8.04. The Morgan fingerprint density at radius 2 is 1.93 bits per heavy atom. The van der Waals surface area contributed by atoms with E-state index in [1.807, 2.05) is 6.07 Å². The van der Waals surface area contributed by atoms with Crippen molar-refractivity contribution < 1.29 is 18.0 Å². The van der Waals surface area contributed by atoms with Crippen molar-refractivity contribution in [2.24, 2.45) is 0 Å². The van der Waals surface area contributed by atoms with Crippen molar-refractivity contribution in [2.45, 2.75) is 43.9 Å².